The molecule has 0 spiro atoms. The number of hydrogen-bond donors (Lipinski definition) is 2. The largest absolute Gasteiger partial charge is 0.291 e. The molecule has 0 aliphatic heterocycles. The van der Waals surface area contributed by atoms with Gasteiger partial charge in [-0.05, 0) is 36.6 Å². The van der Waals surface area contributed by atoms with Crippen LogP contribution in [0.15, 0.2) is 70.7 Å². The lowest BCUT2D eigenvalue weighted by molar-refractivity contribution is 1.10. The van der Waals surface area contributed by atoms with Gasteiger partial charge in [-0.15, -0.1) is 0 Å². The average Bonchev–Trinajstić information content (AvgIpc) is 2.70. The molecular weight excluding hydrogens is 350 g/mol. The lowest BCUT2D eigenvalue weighted by atomic mass is 10.0. The lowest BCUT2D eigenvalue weighted by Gasteiger charge is -2.07. The van der Waals surface area contributed by atoms with Crippen molar-refractivity contribution in [2.24, 2.45) is 5.10 Å². The molecule has 2 N–H and O–H groups in total. The molecule has 0 unspecified atom stereocenters. The lowest BCUT2D eigenvalue weighted by Crippen LogP contribution is -2.13. The van der Waals surface area contributed by atoms with Crippen molar-refractivity contribution in [1.29, 1.82) is 0 Å². The fourth-order valence-corrected chi connectivity index (χ4v) is 2.91. The van der Waals surface area contributed by atoms with Crippen molar-refractivity contribution in [2.75, 3.05) is 5.43 Å². The maximum absolute atomic E-state index is 12.7. The second-order valence-electron chi connectivity index (χ2n) is 6.62. The first-order valence-electron chi connectivity index (χ1n) is 8.92. The molecule has 4 aromatic rings. The molecule has 0 fully saturated rings. The van der Waals surface area contributed by atoms with Crippen LogP contribution < -0.4 is 11.0 Å². The number of nitrogens with zero attached hydrogens (tertiary/aromatic N) is 3. The first-order valence-corrected chi connectivity index (χ1v) is 8.92. The van der Waals surface area contributed by atoms with Crippen molar-refractivity contribution in [2.45, 2.75) is 13.8 Å². The van der Waals surface area contributed by atoms with Gasteiger partial charge in [0.15, 0.2) is 5.65 Å². The van der Waals surface area contributed by atoms with E-state index >= 15 is 0 Å². The summed E-state index contributed by atoms with van der Waals surface area (Å²) in [5, 5.41) is 4.60. The zero-order valence-corrected chi connectivity index (χ0v) is 15.6. The SMILES string of the molecule is Cc1ccc(/C=N/Nc2nc3nccc(-c4ccc(C)cc4)c3c(=O)[nH]2)cc1. The summed E-state index contributed by atoms with van der Waals surface area (Å²) < 4.78 is 0. The molecule has 28 heavy (non-hydrogen) atoms. The van der Waals surface area contributed by atoms with E-state index in [9.17, 15) is 4.79 Å². The normalized spacial score (nSPS) is 11.2. The Balaban J connectivity index is 1.66. The summed E-state index contributed by atoms with van der Waals surface area (Å²) in [6.07, 6.45) is 3.32. The zero-order valence-electron chi connectivity index (χ0n) is 15.6. The summed E-state index contributed by atoms with van der Waals surface area (Å²) >= 11 is 0. The highest BCUT2D eigenvalue weighted by atomic mass is 16.1. The molecule has 0 amide bonds. The van der Waals surface area contributed by atoms with E-state index in [-0.39, 0.29) is 11.5 Å². The molecule has 2 heterocycles. The highest BCUT2D eigenvalue weighted by molar-refractivity contribution is 5.92. The molecular formula is C22H19N5O. The van der Waals surface area contributed by atoms with Crippen molar-refractivity contribution < 1.29 is 0 Å². The average molecular weight is 369 g/mol. The van der Waals surface area contributed by atoms with Crippen LogP contribution in [0.1, 0.15) is 16.7 Å². The minimum absolute atomic E-state index is 0.245. The van der Waals surface area contributed by atoms with Crippen LogP contribution in [0.5, 0.6) is 0 Å². The number of aromatic amines is 1. The maximum Gasteiger partial charge on any atom is 0.262 e. The van der Waals surface area contributed by atoms with Crippen LogP contribution in [0.25, 0.3) is 22.2 Å². The quantitative estimate of drug-likeness (QED) is 0.420. The van der Waals surface area contributed by atoms with Crippen molar-refractivity contribution in [3.05, 3.63) is 87.8 Å². The third-order valence-electron chi connectivity index (χ3n) is 4.43. The summed E-state index contributed by atoms with van der Waals surface area (Å²) in [7, 11) is 0. The van der Waals surface area contributed by atoms with Crippen LogP contribution in [0, 0.1) is 13.8 Å². The number of fused-ring (bicyclic) bond motifs is 1. The summed E-state index contributed by atoms with van der Waals surface area (Å²) in [6, 6.07) is 17.8. The fraction of sp³-hybridized carbons (Fsp3) is 0.0909. The van der Waals surface area contributed by atoms with Crippen molar-refractivity contribution >= 4 is 23.2 Å². The molecule has 0 aliphatic rings. The molecule has 6 nitrogen and oxygen atoms in total. The predicted octanol–water partition coefficient (Wildman–Crippen LogP) is 4.05. The number of aromatic nitrogens is 3. The third kappa shape index (κ3) is 3.66. The van der Waals surface area contributed by atoms with Crippen LogP contribution in [0.2, 0.25) is 0 Å². The van der Waals surface area contributed by atoms with Crippen LogP contribution in [-0.4, -0.2) is 21.2 Å². The molecule has 0 saturated heterocycles. The summed E-state index contributed by atoms with van der Waals surface area (Å²) in [4.78, 5) is 24.1. The standard InChI is InChI=1S/C22H19N5O/c1-14-3-7-16(8-4-14)13-24-27-22-25-20-19(21(28)26-22)18(11-12-23-20)17-9-5-15(2)6-10-17/h3-13H,1-2H3,(H2,23,25,26,27,28)/b24-13+. The molecule has 4 rings (SSSR count). The monoisotopic (exact) mass is 369 g/mol. The Morgan fingerprint density at radius 2 is 1.64 bits per heavy atom. The molecule has 6 heteroatoms. The number of benzene rings is 2. The smallest absolute Gasteiger partial charge is 0.262 e. The molecule has 0 saturated carbocycles. The molecule has 2 aromatic heterocycles. The van der Waals surface area contributed by atoms with Crippen LogP contribution >= 0.6 is 0 Å². The van der Waals surface area contributed by atoms with Gasteiger partial charge in [0.05, 0.1) is 11.6 Å². The van der Waals surface area contributed by atoms with Gasteiger partial charge >= 0.3 is 0 Å². The number of pyridine rings is 1. The van der Waals surface area contributed by atoms with Gasteiger partial charge in [-0.3, -0.25) is 9.78 Å². The molecule has 2 aromatic carbocycles. The minimum atomic E-state index is -0.262. The van der Waals surface area contributed by atoms with Crippen molar-refractivity contribution in [3.8, 4) is 11.1 Å². The van der Waals surface area contributed by atoms with Crippen LogP contribution in [-0.2, 0) is 0 Å². The van der Waals surface area contributed by atoms with Gasteiger partial charge in [-0.25, -0.2) is 10.4 Å². The number of anilines is 1. The van der Waals surface area contributed by atoms with Gasteiger partial charge in [0.1, 0.15) is 0 Å². The Kier molecular flexibility index (Phi) is 4.68. The minimum Gasteiger partial charge on any atom is -0.291 e. The van der Waals surface area contributed by atoms with Gasteiger partial charge in [0, 0.05) is 6.20 Å². The molecule has 0 aliphatic carbocycles. The van der Waals surface area contributed by atoms with E-state index in [1.165, 1.54) is 5.56 Å². The molecule has 0 bridgehead atoms. The topological polar surface area (TPSA) is 83.0 Å². The number of hydrogen-bond acceptors (Lipinski definition) is 5. The Hall–Kier alpha value is -3.80. The van der Waals surface area contributed by atoms with E-state index in [0.29, 0.717) is 11.0 Å². The molecule has 138 valence electrons. The summed E-state index contributed by atoms with van der Waals surface area (Å²) in [5.74, 6) is 0.245. The second kappa shape index (κ2) is 7.44. The Morgan fingerprint density at radius 1 is 0.964 bits per heavy atom. The van der Waals surface area contributed by atoms with Crippen LogP contribution in [0.3, 0.4) is 0 Å². The zero-order chi connectivity index (χ0) is 19.5. The van der Waals surface area contributed by atoms with Crippen LogP contribution in [0.4, 0.5) is 5.95 Å². The summed E-state index contributed by atoms with van der Waals surface area (Å²) in [6.45, 7) is 4.05. The van der Waals surface area contributed by atoms with E-state index < -0.39 is 0 Å². The first-order chi connectivity index (χ1) is 13.6. The van der Waals surface area contributed by atoms with Gasteiger partial charge in [0.2, 0.25) is 5.95 Å². The first kappa shape index (κ1) is 17.6. The summed E-state index contributed by atoms with van der Waals surface area (Å²) in [5.41, 5.74) is 7.91. The Labute approximate surface area is 162 Å². The number of H-pyrrole nitrogens is 1. The van der Waals surface area contributed by atoms with E-state index in [1.807, 2.05) is 68.4 Å². The molecule has 0 atom stereocenters. The van der Waals surface area contributed by atoms with Crippen molar-refractivity contribution in [1.82, 2.24) is 15.0 Å². The third-order valence-corrected chi connectivity index (χ3v) is 4.43. The Morgan fingerprint density at radius 3 is 2.36 bits per heavy atom. The number of hydrazone groups is 1. The van der Waals surface area contributed by atoms with Gasteiger partial charge in [-0.2, -0.15) is 10.1 Å². The predicted molar refractivity (Wildman–Crippen MR) is 113 cm³/mol. The van der Waals surface area contributed by atoms with Gasteiger partial charge in [0.25, 0.3) is 5.56 Å². The highest BCUT2D eigenvalue weighted by Gasteiger charge is 2.11. The van der Waals surface area contributed by atoms with E-state index in [2.05, 4.69) is 25.5 Å². The van der Waals surface area contributed by atoms with E-state index in [0.717, 1.165) is 22.3 Å². The second-order valence-corrected chi connectivity index (χ2v) is 6.62. The van der Waals surface area contributed by atoms with E-state index in [1.54, 1.807) is 12.4 Å². The molecule has 0 radical (unpaired) electrons. The highest BCUT2D eigenvalue weighted by Crippen LogP contribution is 2.24. The fourth-order valence-electron chi connectivity index (χ4n) is 2.91. The van der Waals surface area contributed by atoms with Gasteiger partial charge < -0.3 is 0 Å². The number of rotatable bonds is 4. The van der Waals surface area contributed by atoms with Crippen molar-refractivity contribution in [3.63, 3.8) is 0 Å². The van der Waals surface area contributed by atoms with Gasteiger partial charge in [-0.1, -0.05) is 59.7 Å². The number of nitrogens with one attached hydrogen (secondary N) is 2. The Bertz CT molecular complexity index is 1210. The number of aryl methyl sites for hydroxylation is 2. The van der Waals surface area contributed by atoms with E-state index in [4.69, 9.17) is 0 Å². The maximum atomic E-state index is 12.7.